The molecule has 0 amide bonds. The Morgan fingerprint density at radius 2 is 1.56 bits per heavy atom. The van der Waals surface area contributed by atoms with E-state index in [1.807, 2.05) is 0 Å². The average Bonchev–Trinajstić information content (AvgIpc) is 2.68. The molecule has 1 saturated carbocycles. The molecule has 0 saturated heterocycles. The van der Waals surface area contributed by atoms with Crippen LogP contribution in [0.15, 0.2) is 42.5 Å². The van der Waals surface area contributed by atoms with Crippen LogP contribution >= 0.6 is 0 Å². The molecule has 1 aliphatic rings. The zero-order valence-electron chi connectivity index (χ0n) is 15.5. The number of rotatable bonds is 5. The Kier molecular flexibility index (Phi) is 6.35. The summed E-state index contributed by atoms with van der Waals surface area (Å²) in [6, 6.07) is 8.67. The Labute approximate surface area is 157 Å². The minimum atomic E-state index is -1.27. The van der Waals surface area contributed by atoms with Crippen LogP contribution in [0, 0.1) is 17.6 Å². The van der Waals surface area contributed by atoms with Crippen LogP contribution in [0.25, 0.3) is 11.7 Å². The monoisotopic (exact) mass is 376 g/mol. The number of hydrogen-bond acceptors (Lipinski definition) is 0. The molecule has 0 nitrogen and oxygen atoms in total. The molecule has 3 rings (SSSR count). The summed E-state index contributed by atoms with van der Waals surface area (Å²) in [5.41, 5.74) is 0.327. The first-order valence-corrected chi connectivity index (χ1v) is 9.60. The summed E-state index contributed by atoms with van der Waals surface area (Å²) in [5.74, 6) is -2.75. The third-order valence-electron chi connectivity index (χ3n) is 5.54. The van der Waals surface area contributed by atoms with Gasteiger partial charge < -0.3 is 0 Å². The van der Waals surface area contributed by atoms with E-state index < -0.39 is 28.9 Å². The van der Waals surface area contributed by atoms with Crippen molar-refractivity contribution < 1.29 is 17.6 Å². The zero-order chi connectivity index (χ0) is 19.4. The van der Waals surface area contributed by atoms with Gasteiger partial charge in [-0.1, -0.05) is 25.8 Å². The van der Waals surface area contributed by atoms with E-state index in [4.69, 9.17) is 0 Å². The van der Waals surface area contributed by atoms with Gasteiger partial charge in [-0.3, -0.25) is 0 Å². The van der Waals surface area contributed by atoms with Crippen molar-refractivity contribution in [2.75, 3.05) is 0 Å². The largest absolute Gasteiger partial charge is 0.207 e. The Hall–Kier alpha value is -2.10. The first-order chi connectivity index (χ1) is 13.0. The van der Waals surface area contributed by atoms with Crippen molar-refractivity contribution in [3.63, 3.8) is 0 Å². The molecule has 0 radical (unpaired) electrons. The van der Waals surface area contributed by atoms with Crippen LogP contribution in [0.5, 0.6) is 0 Å². The Morgan fingerprint density at radius 3 is 2.15 bits per heavy atom. The lowest BCUT2D eigenvalue weighted by atomic mass is 9.77. The van der Waals surface area contributed by atoms with E-state index in [9.17, 15) is 17.6 Å². The number of hydrogen-bond donors (Lipinski definition) is 0. The predicted molar refractivity (Wildman–Crippen MR) is 101 cm³/mol. The van der Waals surface area contributed by atoms with Crippen LogP contribution in [-0.2, 0) is 0 Å². The van der Waals surface area contributed by atoms with E-state index in [1.165, 1.54) is 25.0 Å². The van der Waals surface area contributed by atoms with Gasteiger partial charge in [0.1, 0.15) is 11.6 Å². The number of halogens is 4. The highest BCUT2D eigenvalue weighted by atomic mass is 19.2. The number of benzene rings is 2. The molecule has 0 bridgehead atoms. The molecule has 0 heterocycles. The summed E-state index contributed by atoms with van der Waals surface area (Å²) in [4.78, 5) is 0. The summed E-state index contributed by atoms with van der Waals surface area (Å²) in [6.07, 6.45) is 6.70. The summed E-state index contributed by atoms with van der Waals surface area (Å²) in [6.45, 7) is 2.19. The topological polar surface area (TPSA) is 0 Å². The third-order valence-corrected chi connectivity index (χ3v) is 5.54. The summed E-state index contributed by atoms with van der Waals surface area (Å²) in [7, 11) is 0. The van der Waals surface area contributed by atoms with Gasteiger partial charge in [-0.05, 0) is 79.5 Å². The van der Waals surface area contributed by atoms with Gasteiger partial charge in [0.05, 0.1) is 0 Å². The molecule has 27 heavy (non-hydrogen) atoms. The van der Waals surface area contributed by atoms with Gasteiger partial charge in [-0.2, -0.15) is 0 Å². The molecule has 0 unspecified atom stereocenters. The van der Waals surface area contributed by atoms with E-state index in [0.29, 0.717) is 0 Å². The highest BCUT2D eigenvalue weighted by molar-refractivity contribution is 5.83. The molecule has 0 aromatic heterocycles. The fraction of sp³-hybridized carbons (Fsp3) is 0.391. The van der Waals surface area contributed by atoms with Gasteiger partial charge in [0, 0.05) is 11.1 Å². The SMILES string of the molecule is CCCC1CCC(c2ccc(/C(F)=C(\F)c3ccc(F)cc3)c(F)c2)CC1. The van der Waals surface area contributed by atoms with Crippen LogP contribution in [0.1, 0.15) is 68.1 Å². The first-order valence-electron chi connectivity index (χ1n) is 9.60. The van der Waals surface area contributed by atoms with Gasteiger partial charge in [-0.15, -0.1) is 0 Å². The lowest BCUT2D eigenvalue weighted by Crippen LogP contribution is -2.13. The van der Waals surface area contributed by atoms with E-state index >= 15 is 0 Å². The third kappa shape index (κ3) is 4.60. The molecule has 0 spiro atoms. The highest BCUT2D eigenvalue weighted by Crippen LogP contribution is 2.39. The second-order valence-electron chi connectivity index (χ2n) is 7.38. The summed E-state index contributed by atoms with van der Waals surface area (Å²) >= 11 is 0. The molecule has 2 aromatic carbocycles. The molecule has 4 heteroatoms. The van der Waals surface area contributed by atoms with Crippen molar-refractivity contribution in [1.29, 1.82) is 0 Å². The molecular formula is C23H24F4. The van der Waals surface area contributed by atoms with Gasteiger partial charge in [0.2, 0.25) is 0 Å². The minimum absolute atomic E-state index is 0.119. The van der Waals surface area contributed by atoms with Crippen LogP contribution < -0.4 is 0 Å². The van der Waals surface area contributed by atoms with Crippen LogP contribution in [0.2, 0.25) is 0 Å². The van der Waals surface area contributed by atoms with Crippen molar-refractivity contribution in [3.8, 4) is 0 Å². The maximum absolute atomic E-state index is 14.5. The standard InChI is InChI=1S/C23H24F4/c1-2-3-15-4-6-16(7-5-15)18-10-13-20(21(25)14-18)23(27)22(26)17-8-11-19(24)12-9-17/h8-16H,2-7H2,1H3/b23-22+. The normalized spacial score (nSPS) is 21.1. The van der Waals surface area contributed by atoms with Gasteiger partial charge in [-0.25, -0.2) is 17.6 Å². The molecule has 1 fully saturated rings. The summed E-state index contributed by atoms with van der Waals surface area (Å²) in [5, 5.41) is 0. The zero-order valence-corrected chi connectivity index (χ0v) is 15.5. The second-order valence-corrected chi connectivity index (χ2v) is 7.38. The van der Waals surface area contributed by atoms with Crippen LogP contribution in [0.3, 0.4) is 0 Å². The van der Waals surface area contributed by atoms with Crippen molar-refractivity contribution in [3.05, 3.63) is 70.8 Å². The Bertz CT molecular complexity index is 800. The van der Waals surface area contributed by atoms with Crippen molar-refractivity contribution in [2.45, 2.75) is 51.4 Å². The first kappa shape index (κ1) is 19.7. The van der Waals surface area contributed by atoms with E-state index in [-0.39, 0.29) is 11.5 Å². The highest BCUT2D eigenvalue weighted by Gasteiger charge is 2.23. The van der Waals surface area contributed by atoms with Gasteiger partial charge in [0.25, 0.3) is 0 Å². The lowest BCUT2D eigenvalue weighted by molar-refractivity contribution is 0.308. The smallest absolute Gasteiger partial charge is 0.169 e. The van der Waals surface area contributed by atoms with Gasteiger partial charge in [0.15, 0.2) is 11.7 Å². The van der Waals surface area contributed by atoms with E-state index in [0.717, 1.165) is 61.4 Å². The molecule has 144 valence electrons. The fourth-order valence-electron chi connectivity index (χ4n) is 4.00. The van der Waals surface area contributed by atoms with Gasteiger partial charge >= 0.3 is 0 Å². The van der Waals surface area contributed by atoms with E-state index in [2.05, 4.69) is 6.92 Å². The molecule has 1 aliphatic carbocycles. The molecule has 2 aromatic rings. The fourth-order valence-corrected chi connectivity index (χ4v) is 4.00. The minimum Gasteiger partial charge on any atom is -0.207 e. The molecule has 0 atom stereocenters. The second kappa shape index (κ2) is 8.73. The van der Waals surface area contributed by atoms with Crippen LogP contribution in [-0.4, -0.2) is 0 Å². The molecule has 0 N–H and O–H groups in total. The van der Waals surface area contributed by atoms with E-state index in [1.54, 1.807) is 6.07 Å². The maximum Gasteiger partial charge on any atom is 0.169 e. The van der Waals surface area contributed by atoms with Crippen molar-refractivity contribution in [2.24, 2.45) is 5.92 Å². The van der Waals surface area contributed by atoms with Crippen LogP contribution in [0.4, 0.5) is 17.6 Å². The summed E-state index contributed by atoms with van der Waals surface area (Å²) < 4.78 is 56.2. The molecular weight excluding hydrogens is 352 g/mol. The maximum atomic E-state index is 14.5. The average molecular weight is 376 g/mol. The Balaban J connectivity index is 1.78. The quantitative estimate of drug-likeness (QED) is 0.369. The van der Waals surface area contributed by atoms with Crippen molar-refractivity contribution in [1.82, 2.24) is 0 Å². The predicted octanol–water partition coefficient (Wildman–Crippen LogP) is 7.80. The Morgan fingerprint density at radius 1 is 0.889 bits per heavy atom. The lowest BCUT2D eigenvalue weighted by Gasteiger charge is -2.28. The molecule has 0 aliphatic heterocycles. The van der Waals surface area contributed by atoms with Crippen molar-refractivity contribution >= 4 is 11.7 Å².